The SMILES string of the molecule is CNS(=O)(=O)c1ccc(C(=O)NC2(C#N)CCCCC2)o1. The predicted molar refractivity (Wildman–Crippen MR) is 73.8 cm³/mol. The van der Waals surface area contributed by atoms with Crippen LogP contribution >= 0.6 is 0 Å². The van der Waals surface area contributed by atoms with Crippen LogP contribution in [0.5, 0.6) is 0 Å². The van der Waals surface area contributed by atoms with Crippen LogP contribution in [-0.2, 0) is 10.0 Å². The number of hydrogen-bond acceptors (Lipinski definition) is 5. The summed E-state index contributed by atoms with van der Waals surface area (Å²) in [6, 6.07) is 4.66. The van der Waals surface area contributed by atoms with Gasteiger partial charge in [-0.15, -0.1) is 0 Å². The van der Waals surface area contributed by atoms with Crippen molar-refractivity contribution >= 4 is 15.9 Å². The van der Waals surface area contributed by atoms with Gasteiger partial charge in [0, 0.05) is 0 Å². The zero-order valence-corrected chi connectivity index (χ0v) is 12.5. The molecule has 1 aromatic heterocycles. The lowest BCUT2D eigenvalue weighted by Gasteiger charge is -2.31. The molecule has 0 bridgehead atoms. The van der Waals surface area contributed by atoms with E-state index in [1.54, 1.807) is 0 Å². The van der Waals surface area contributed by atoms with Crippen molar-refractivity contribution in [1.82, 2.24) is 10.0 Å². The van der Waals surface area contributed by atoms with Crippen LogP contribution < -0.4 is 10.0 Å². The molecular weight excluding hydrogens is 294 g/mol. The first-order chi connectivity index (χ1) is 9.92. The Morgan fingerprint density at radius 2 is 2.00 bits per heavy atom. The largest absolute Gasteiger partial charge is 0.438 e. The average Bonchev–Trinajstić information content (AvgIpc) is 2.99. The first-order valence-corrected chi connectivity index (χ1v) is 8.18. The van der Waals surface area contributed by atoms with Crippen LogP contribution in [0, 0.1) is 11.3 Å². The second-order valence-corrected chi connectivity index (χ2v) is 6.85. The number of amides is 1. The van der Waals surface area contributed by atoms with E-state index in [9.17, 15) is 18.5 Å². The highest BCUT2D eigenvalue weighted by molar-refractivity contribution is 7.89. The lowest BCUT2D eigenvalue weighted by molar-refractivity contribution is 0.0868. The Bertz CT molecular complexity index is 666. The molecule has 1 aromatic rings. The van der Waals surface area contributed by atoms with Crippen molar-refractivity contribution in [2.45, 2.75) is 42.7 Å². The normalized spacial score (nSPS) is 17.9. The zero-order chi connectivity index (χ0) is 15.5. The van der Waals surface area contributed by atoms with Crippen LogP contribution in [0.2, 0.25) is 0 Å². The Labute approximate surface area is 123 Å². The summed E-state index contributed by atoms with van der Waals surface area (Å²) in [6.07, 6.45) is 4.00. The number of nitrogens with one attached hydrogen (secondary N) is 2. The van der Waals surface area contributed by atoms with Crippen molar-refractivity contribution in [3.05, 3.63) is 17.9 Å². The number of furan rings is 1. The monoisotopic (exact) mass is 311 g/mol. The smallest absolute Gasteiger partial charge is 0.288 e. The maximum Gasteiger partial charge on any atom is 0.288 e. The maximum absolute atomic E-state index is 12.1. The fourth-order valence-corrected chi connectivity index (χ4v) is 3.03. The van der Waals surface area contributed by atoms with Crippen molar-refractivity contribution in [1.29, 1.82) is 5.26 Å². The second-order valence-electron chi connectivity index (χ2n) is 5.03. The molecule has 2 rings (SSSR count). The first kappa shape index (κ1) is 15.5. The van der Waals surface area contributed by atoms with Crippen molar-refractivity contribution < 1.29 is 17.6 Å². The molecule has 1 aliphatic carbocycles. The lowest BCUT2D eigenvalue weighted by atomic mass is 9.83. The Kier molecular flexibility index (Phi) is 4.34. The molecular formula is C13H17N3O4S. The van der Waals surface area contributed by atoms with Crippen molar-refractivity contribution in [3.8, 4) is 6.07 Å². The zero-order valence-electron chi connectivity index (χ0n) is 11.7. The average molecular weight is 311 g/mol. The third-order valence-corrected chi connectivity index (χ3v) is 4.90. The molecule has 0 radical (unpaired) electrons. The molecule has 1 heterocycles. The standard InChI is InChI=1S/C13H17N3O4S/c1-15-21(18,19)11-6-5-10(20-11)12(17)16-13(9-14)7-3-2-4-8-13/h5-6,15H,2-4,7-8H2,1H3,(H,16,17). The van der Waals surface area contributed by atoms with Gasteiger partial charge in [-0.05, 0) is 32.0 Å². The summed E-state index contributed by atoms with van der Waals surface area (Å²) < 4.78 is 30.3. The number of hydrogen-bond donors (Lipinski definition) is 2. The van der Waals surface area contributed by atoms with Crippen LogP contribution in [0.3, 0.4) is 0 Å². The summed E-state index contributed by atoms with van der Waals surface area (Å²) in [4.78, 5) is 12.1. The van der Waals surface area contributed by atoms with Gasteiger partial charge in [0.1, 0.15) is 5.54 Å². The van der Waals surface area contributed by atoms with Crippen LogP contribution in [0.4, 0.5) is 0 Å². The number of nitrogens with zero attached hydrogens (tertiary/aromatic N) is 1. The predicted octanol–water partition coefficient (Wildman–Crippen LogP) is 1.14. The molecule has 0 aromatic carbocycles. The number of nitriles is 1. The molecule has 8 heteroatoms. The van der Waals surface area contributed by atoms with Gasteiger partial charge in [0.15, 0.2) is 5.76 Å². The van der Waals surface area contributed by atoms with E-state index in [0.717, 1.165) is 19.3 Å². The third-order valence-electron chi connectivity index (χ3n) is 3.61. The van der Waals surface area contributed by atoms with E-state index in [4.69, 9.17) is 4.42 Å². The van der Waals surface area contributed by atoms with Gasteiger partial charge in [0.2, 0.25) is 5.09 Å². The minimum Gasteiger partial charge on any atom is -0.438 e. The fourth-order valence-electron chi connectivity index (χ4n) is 2.39. The Morgan fingerprint density at radius 1 is 1.33 bits per heavy atom. The van der Waals surface area contributed by atoms with Gasteiger partial charge in [-0.25, -0.2) is 13.1 Å². The topological polar surface area (TPSA) is 112 Å². The van der Waals surface area contributed by atoms with E-state index in [0.29, 0.717) is 12.8 Å². The quantitative estimate of drug-likeness (QED) is 0.866. The van der Waals surface area contributed by atoms with Crippen LogP contribution in [-0.4, -0.2) is 26.9 Å². The number of carbonyl (C=O) groups is 1. The summed E-state index contributed by atoms with van der Waals surface area (Å²) in [5, 5.41) is 11.7. The number of sulfonamides is 1. The van der Waals surface area contributed by atoms with E-state index >= 15 is 0 Å². The highest BCUT2D eigenvalue weighted by Crippen LogP contribution is 2.28. The number of rotatable bonds is 4. The Morgan fingerprint density at radius 3 is 2.57 bits per heavy atom. The molecule has 0 aliphatic heterocycles. The second kappa shape index (κ2) is 5.87. The van der Waals surface area contributed by atoms with Gasteiger partial charge in [0.05, 0.1) is 6.07 Å². The molecule has 114 valence electrons. The lowest BCUT2D eigenvalue weighted by Crippen LogP contribution is -2.48. The van der Waals surface area contributed by atoms with E-state index < -0.39 is 21.5 Å². The van der Waals surface area contributed by atoms with Gasteiger partial charge in [-0.1, -0.05) is 19.3 Å². The fraction of sp³-hybridized carbons (Fsp3) is 0.538. The minimum atomic E-state index is -3.73. The van der Waals surface area contributed by atoms with Crippen molar-refractivity contribution in [2.75, 3.05) is 7.05 Å². The van der Waals surface area contributed by atoms with Gasteiger partial charge >= 0.3 is 0 Å². The molecule has 1 saturated carbocycles. The minimum absolute atomic E-state index is 0.121. The van der Waals surface area contributed by atoms with Gasteiger partial charge < -0.3 is 9.73 Å². The van der Waals surface area contributed by atoms with E-state index in [1.807, 2.05) is 0 Å². The van der Waals surface area contributed by atoms with Gasteiger partial charge in [-0.3, -0.25) is 4.79 Å². The molecule has 1 amide bonds. The Balaban J connectivity index is 2.16. The van der Waals surface area contributed by atoms with E-state index in [1.165, 1.54) is 19.2 Å². The summed E-state index contributed by atoms with van der Waals surface area (Å²) in [6.45, 7) is 0. The Hall–Kier alpha value is -1.85. The van der Waals surface area contributed by atoms with Crippen molar-refractivity contribution in [2.24, 2.45) is 0 Å². The van der Waals surface area contributed by atoms with Gasteiger partial charge in [0.25, 0.3) is 15.9 Å². The molecule has 0 atom stereocenters. The molecule has 0 saturated heterocycles. The van der Waals surface area contributed by atoms with Crippen LogP contribution in [0.25, 0.3) is 0 Å². The molecule has 0 spiro atoms. The summed E-state index contributed by atoms with van der Waals surface area (Å²) in [5.41, 5.74) is -0.885. The number of carbonyl (C=O) groups excluding carboxylic acids is 1. The summed E-state index contributed by atoms with van der Waals surface area (Å²) in [5.74, 6) is -0.694. The van der Waals surface area contributed by atoms with E-state index in [2.05, 4.69) is 16.1 Å². The third kappa shape index (κ3) is 3.25. The summed E-state index contributed by atoms with van der Waals surface area (Å²) >= 11 is 0. The molecule has 7 nitrogen and oxygen atoms in total. The maximum atomic E-state index is 12.1. The van der Waals surface area contributed by atoms with Crippen LogP contribution in [0.1, 0.15) is 42.7 Å². The molecule has 2 N–H and O–H groups in total. The molecule has 0 unspecified atom stereocenters. The van der Waals surface area contributed by atoms with E-state index in [-0.39, 0.29) is 10.9 Å². The highest BCUT2D eigenvalue weighted by atomic mass is 32.2. The first-order valence-electron chi connectivity index (χ1n) is 6.70. The van der Waals surface area contributed by atoms with Gasteiger partial charge in [-0.2, -0.15) is 5.26 Å². The molecule has 1 fully saturated rings. The summed E-state index contributed by atoms with van der Waals surface area (Å²) in [7, 11) is -2.47. The van der Waals surface area contributed by atoms with Crippen molar-refractivity contribution in [3.63, 3.8) is 0 Å². The van der Waals surface area contributed by atoms with Crippen LogP contribution in [0.15, 0.2) is 21.6 Å². The molecule has 21 heavy (non-hydrogen) atoms. The molecule has 1 aliphatic rings. The highest BCUT2D eigenvalue weighted by Gasteiger charge is 2.34.